The first-order valence-corrected chi connectivity index (χ1v) is 5.63. The highest BCUT2D eigenvalue weighted by molar-refractivity contribution is 5.42. The molecule has 1 fully saturated rings. The number of hydrogen-bond acceptors (Lipinski definition) is 4. The minimum Gasteiger partial charge on any atom is -0.352 e. The van der Waals surface area contributed by atoms with Crippen LogP contribution in [0, 0.1) is 11.7 Å². The van der Waals surface area contributed by atoms with Crippen LogP contribution in [0.2, 0.25) is 0 Å². The zero-order valence-corrected chi connectivity index (χ0v) is 9.65. The molecule has 88 valence electrons. The maximum atomic E-state index is 14.0. The Kier molecular flexibility index (Phi) is 3.05. The number of nitrogens with two attached hydrogens (primary N) is 1. The van der Waals surface area contributed by atoms with Crippen molar-refractivity contribution in [1.29, 1.82) is 0 Å². The fourth-order valence-corrected chi connectivity index (χ4v) is 2.03. The summed E-state index contributed by atoms with van der Waals surface area (Å²) in [6.45, 7) is 5.38. The van der Waals surface area contributed by atoms with Gasteiger partial charge in [0.05, 0.1) is 5.69 Å². The molecule has 0 aliphatic carbocycles. The van der Waals surface area contributed by atoms with E-state index in [2.05, 4.69) is 16.9 Å². The lowest BCUT2D eigenvalue weighted by atomic mass is 10.1. The van der Waals surface area contributed by atoms with Crippen molar-refractivity contribution < 1.29 is 4.39 Å². The van der Waals surface area contributed by atoms with Crippen LogP contribution in [-0.2, 0) is 6.42 Å². The molecule has 1 aromatic heterocycles. The molecular weight excluding hydrogens is 207 g/mol. The lowest BCUT2D eigenvalue weighted by molar-refractivity contribution is 0.565. The number of anilines is 1. The molecule has 5 heteroatoms. The van der Waals surface area contributed by atoms with Crippen molar-refractivity contribution in [2.24, 2.45) is 11.7 Å². The Morgan fingerprint density at radius 1 is 1.50 bits per heavy atom. The largest absolute Gasteiger partial charge is 0.352 e. The van der Waals surface area contributed by atoms with Gasteiger partial charge in [0.25, 0.3) is 0 Å². The topological polar surface area (TPSA) is 55.0 Å². The van der Waals surface area contributed by atoms with E-state index in [1.165, 1.54) is 6.33 Å². The molecule has 2 N–H and O–H groups in total. The van der Waals surface area contributed by atoms with Crippen LogP contribution in [0.15, 0.2) is 6.33 Å². The van der Waals surface area contributed by atoms with Crippen LogP contribution < -0.4 is 10.6 Å². The first kappa shape index (κ1) is 11.3. The van der Waals surface area contributed by atoms with Gasteiger partial charge in [0, 0.05) is 19.1 Å². The van der Waals surface area contributed by atoms with Gasteiger partial charge in [-0.2, -0.15) is 0 Å². The second-order valence-electron chi connectivity index (χ2n) is 4.36. The van der Waals surface area contributed by atoms with Gasteiger partial charge >= 0.3 is 0 Å². The quantitative estimate of drug-likeness (QED) is 0.813. The first-order chi connectivity index (χ1) is 7.63. The number of hydrogen-bond donors (Lipinski definition) is 1. The Labute approximate surface area is 94.7 Å². The Bertz CT molecular complexity index is 372. The van der Waals surface area contributed by atoms with E-state index >= 15 is 0 Å². The minimum absolute atomic E-state index is 0.0967. The third kappa shape index (κ3) is 1.87. The number of rotatable bonds is 2. The van der Waals surface area contributed by atoms with E-state index in [0.717, 1.165) is 6.54 Å². The lowest BCUT2D eigenvalue weighted by Gasteiger charge is -2.18. The summed E-state index contributed by atoms with van der Waals surface area (Å²) < 4.78 is 14.0. The van der Waals surface area contributed by atoms with Crippen LogP contribution in [0.3, 0.4) is 0 Å². The van der Waals surface area contributed by atoms with Crippen LogP contribution in [0.25, 0.3) is 0 Å². The summed E-state index contributed by atoms with van der Waals surface area (Å²) >= 11 is 0. The molecule has 0 bridgehead atoms. The SMILES string of the molecule is CCc1ncnc(N2CC(C)C(N)C2)c1F. The van der Waals surface area contributed by atoms with Gasteiger partial charge in [0.15, 0.2) is 11.6 Å². The predicted molar refractivity (Wildman–Crippen MR) is 60.7 cm³/mol. The maximum absolute atomic E-state index is 14.0. The molecule has 2 atom stereocenters. The van der Waals surface area contributed by atoms with Gasteiger partial charge in [-0.1, -0.05) is 13.8 Å². The summed E-state index contributed by atoms with van der Waals surface area (Å²) in [5.41, 5.74) is 6.39. The van der Waals surface area contributed by atoms with Crippen molar-refractivity contribution in [2.75, 3.05) is 18.0 Å². The standard InChI is InChI=1S/C11H17FN4/c1-3-9-10(12)11(15-6-14-9)16-4-7(2)8(13)5-16/h6-8H,3-5,13H2,1-2H3. The van der Waals surface area contributed by atoms with Crippen LogP contribution in [-0.4, -0.2) is 29.1 Å². The molecule has 0 radical (unpaired) electrons. The minimum atomic E-state index is -0.300. The summed E-state index contributed by atoms with van der Waals surface area (Å²) in [5.74, 6) is 0.470. The van der Waals surface area contributed by atoms with Crippen molar-refractivity contribution in [1.82, 2.24) is 9.97 Å². The molecular formula is C11H17FN4. The van der Waals surface area contributed by atoms with Crippen LogP contribution in [0.1, 0.15) is 19.5 Å². The molecule has 2 heterocycles. The van der Waals surface area contributed by atoms with E-state index in [1.54, 1.807) is 0 Å². The average Bonchev–Trinajstić information content (AvgIpc) is 2.59. The van der Waals surface area contributed by atoms with Gasteiger partial charge < -0.3 is 10.6 Å². The summed E-state index contributed by atoms with van der Waals surface area (Å²) in [6, 6.07) is 0.0967. The van der Waals surface area contributed by atoms with Crippen molar-refractivity contribution >= 4 is 5.82 Å². The third-order valence-corrected chi connectivity index (χ3v) is 3.15. The van der Waals surface area contributed by atoms with Crippen LogP contribution >= 0.6 is 0 Å². The van der Waals surface area contributed by atoms with E-state index in [9.17, 15) is 4.39 Å². The Morgan fingerprint density at radius 2 is 2.25 bits per heavy atom. The highest BCUT2D eigenvalue weighted by atomic mass is 19.1. The van der Waals surface area contributed by atoms with Crippen LogP contribution in [0.4, 0.5) is 10.2 Å². The smallest absolute Gasteiger partial charge is 0.187 e. The average molecular weight is 224 g/mol. The van der Waals surface area contributed by atoms with Crippen molar-refractivity contribution in [2.45, 2.75) is 26.3 Å². The third-order valence-electron chi connectivity index (χ3n) is 3.15. The van der Waals surface area contributed by atoms with Crippen LogP contribution in [0.5, 0.6) is 0 Å². The highest BCUT2D eigenvalue weighted by Crippen LogP contribution is 2.24. The number of aromatic nitrogens is 2. The summed E-state index contributed by atoms with van der Waals surface area (Å²) in [4.78, 5) is 9.85. The van der Waals surface area contributed by atoms with E-state index in [-0.39, 0.29) is 11.9 Å². The number of nitrogens with zero attached hydrogens (tertiary/aromatic N) is 3. The summed E-state index contributed by atoms with van der Waals surface area (Å²) in [7, 11) is 0. The fraction of sp³-hybridized carbons (Fsp3) is 0.636. The molecule has 0 aromatic carbocycles. The van der Waals surface area contributed by atoms with Gasteiger partial charge in [-0.3, -0.25) is 0 Å². The van der Waals surface area contributed by atoms with E-state index < -0.39 is 0 Å². The Hall–Kier alpha value is -1.23. The molecule has 0 amide bonds. The Morgan fingerprint density at radius 3 is 2.81 bits per heavy atom. The van der Waals surface area contributed by atoms with Gasteiger partial charge in [-0.15, -0.1) is 0 Å². The summed E-state index contributed by atoms with van der Waals surface area (Å²) in [5, 5.41) is 0. The number of aryl methyl sites for hydroxylation is 1. The molecule has 2 unspecified atom stereocenters. The maximum Gasteiger partial charge on any atom is 0.187 e. The van der Waals surface area contributed by atoms with E-state index in [4.69, 9.17) is 5.73 Å². The van der Waals surface area contributed by atoms with Crippen molar-refractivity contribution in [3.05, 3.63) is 17.8 Å². The molecule has 0 saturated carbocycles. The van der Waals surface area contributed by atoms with Gasteiger partial charge in [0.2, 0.25) is 0 Å². The summed E-state index contributed by atoms with van der Waals surface area (Å²) in [6.07, 6.45) is 2.00. The zero-order valence-electron chi connectivity index (χ0n) is 9.65. The van der Waals surface area contributed by atoms with E-state index in [1.807, 2.05) is 11.8 Å². The van der Waals surface area contributed by atoms with Gasteiger partial charge in [-0.05, 0) is 12.3 Å². The molecule has 4 nitrogen and oxygen atoms in total. The van der Waals surface area contributed by atoms with Crippen molar-refractivity contribution in [3.8, 4) is 0 Å². The molecule has 1 aliphatic heterocycles. The number of halogens is 1. The molecule has 1 aromatic rings. The molecule has 2 rings (SSSR count). The zero-order chi connectivity index (χ0) is 11.7. The predicted octanol–water partition coefficient (Wildman–Crippen LogP) is 0.961. The Balaban J connectivity index is 2.28. The van der Waals surface area contributed by atoms with Crippen molar-refractivity contribution in [3.63, 3.8) is 0 Å². The van der Waals surface area contributed by atoms with Gasteiger partial charge in [0.1, 0.15) is 6.33 Å². The highest BCUT2D eigenvalue weighted by Gasteiger charge is 2.29. The fourth-order valence-electron chi connectivity index (χ4n) is 2.03. The second kappa shape index (κ2) is 4.33. The monoisotopic (exact) mass is 224 g/mol. The van der Waals surface area contributed by atoms with Gasteiger partial charge in [-0.25, -0.2) is 14.4 Å². The molecule has 1 saturated heterocycles. The van der Waals surface area contributed by atoms with E-state index in [0.29, 0.717) is 30.4 Å². The molecule has 16 heavy (non-hydrogen) atoms. The second-order valence-corrected chi connectivity index (χ2v) is 4.36. The molecule has 1 aliphatic rings. The lowest BCUT2D eigenvalue weighted by Crippen LogP contribution is -2.29. The first-order valence-electron chi connectivity index (χ1n) is 5.63. The normalized spacial score (nSPS) is 25.1. The molecule has 0 spiro atoms.